The van der Waals surface area contributed by atoms with Crippen LogP contribution in [0.5, 0.6) is 0 Å². The molecule has 1 rings (SSSR count). The molecule has 0 aliphatic heterocycles. The first-order valence-electron chi connectivity index (χ1n) is 4.05. The van der Waals surface area contributed by atoms with Gasteiger partial charge in [0.15, 0.2) is 0 Å². The second kappa shape index (κ2) is 4.12. The normalized spacial score (nSPS) is 37.8. The largest absolute Gasteiger partial charge is 0.384 e. The molecule has 0 heterocycles. The van der Waals surface area contributed by atoms with Crippen molar-refractivity contribution in [3.8, 4) is 0 Å². The van der Waals surface area contributed by atoms with Crippen LogP contribution < -0.4 is 0 Å². The van der Waals surface area contributed by atoms with Crippen molar-refractivity contribution in [2.45, 2.75) is 24.8 Å². The lowest BCUT2D eigenvalue weighted by atomic mass is 9.85. The summed E-state index contributed by atoms with van der Waals surface area (Å²) in [6.45, 7) is 0.770. The molecule has 0 spiro atoms. The van der Waals surface area contributed by atoms with Gasteiger partial charge in [0.2, 0.25) is 0 Å². The molecule has 0 N–H and O–H groups in total. The SMILES string of the molecule is [B][C@@H]1C[C@H](COC)[C@@H](OC)C1. The van der Waals surface area contributed by atoms with Crippen molar-refractivity contribution in [3.63, 3.8) is 0 Å². The number of rotatable bonds is 3. The fraction of sp³-hybridized carbons (Fsp3) is 1.00. The summed E-state index contributed by atoms with van der Waals surface area (Å²) < 4.78 is 10.4. The van der Waals surface area contributed by atoms with E-state index in [0.717, 1.165) is 19.4 Å². The number of methoxy groups -OCH3 is 2. The molecule has 0 aromatic rings. The summed E-state index contributed by atoms with van der Waals surface area (Å²) in [5.41, 5.74) is 0. The number of hydrogen-bond donors (Lipinski definition) is 0. The first-order chi connectivity index (χ1) is 5.27. The molecule has 1 fully saturated rings. The Morgan fingerprint density at radius 2 is 2.09 bits per heavy atom. The van der Waals surface area contributed by atoms with E-state index in [1.165, 1.54) is 0 Å². The van der Waals surface area contributed by atoms with Crippen LogP contribution in [0, 0.1) is 5.92 Å². The lowest BCUT2D eigenvalue weighted by molar-refractivity contribution is 0.0332. The zero-order chi connectivity index (χ0) is 8.27. The highest BCUT2D eigenvalue weighted by atomic mass is 16.5. The van der Waals surface area contributed by atoms with Crippen molar-refractivity contribution in [2.75, 3.05) is 20.8 Å². The predicted octanol–water partition coefficient (Wildman–Crippen LogP) is 1.01. The summed E-state index contributed by atoms with van der Waals surface area (Å²) in [4.78, 5) is 0. The molecule has 3 heteroatoms. The van der Waals surface area contributed by atoms with Crippen molar-refractivity contribution in [3.05, 3.63) is 0 Å². The second-order valence-electron chi connectivity index (χ2n) is 3.22. The minimum Gasteiger partial charge on any atom is -0.384 e. The van der Waals surface area contributed by atoms with Crippen LogP contribution >= 0.6 is 0 Å². The molecule has 0 saturated heterocycles. The molecular formula is C8H15BO2. The predicted molar refractivity (Wildman–Crippen MR) is 44.9 cm³/mol. The van der Waals surface area contributed by atoms with Crippen LogP contribution in [0.15, 0.2) is 0 Å². The van der Waals surface area contributed by atoms with Crippen LogP contribution in [0.3, 0.4) is 0 Å². The van der Waals surface area contributed by atoms with Gasteiger partial charge in [-0.2, -0.15) is 0 Å². The summed E-state index contributed by atoms with van der Waals surface area (Å²) in [5, 5.41) is 0. The molecule has 1 saturated carbocycles. The Bertz CT molecular complexity index is 119. The topological polar surface area (TPSA) is 18.5 Å². The van der Waals surface area contributed by atoms with Crippen LogP contribution in [0.25, 0.3) is 0 Å². The van der Waals surface area contributed by atoms with Gasteiger partial charge in [-0.3, -0.25) is 0 Å². The smallest absolute Gasteiger partial charge is 0.0700 e. The molecule has 62 valence electrons. The maximum Gasteiger partial charge on any atom is 0.0700 e. The average molecular weight is 154 g/mol. The van der Waals surface area contributed by atoms with Crippen LogP contribution in [-0.4, -0.2) is 34.8 Å². The highest BCUT2D eigenvalue weighted by Crippen LogP contribution is 2.34. The number of hydrogen-bond acceptors (Lipinski definition) is 2. The molecule has 0 aromatic carbocycles. The minimum atomic E-state index is 0.306. The highest BCUT2D eigenvalue weighted by molar-refractivity contribution is 6.11. The zero-order valence-corrected chi connectivity index (χ0v) is 7.25. The summed E-state index contributed by atoms with van der Waals surface area (Å²) in [7, 11) is 9.25. The highest BCUT2D eigenvalue weighted by Gasteiger charge is 2.31. The van der Waals surface area contributed by atoms with Gasteiger partial charge in [-0.05, 0) is 6.42 Å². The third kappa shape index (κ3) is 2.21. The van der Waals surface area contributed by atoms with Crippen molar-refractivity contribution in [1.82, 2.24) is 0 Å². The maximum atomic E-state index is 5.79. The van der Waals surface area contributed by atoms with Crippen molar-refractivity contribution in [2.24, 2.45) is 5.92 Å². The molecule has 0 bridgehead atoms. The first-order valence-corrected chi connectivity index (χ1v) is 4.05. The Balaban J connectivity index is 2.37. The fourth-order valence-electron chi connectivity index (χ4n) is 1.81. The maximum absolute atomic E-state index is 5.79. The molecule has 2 nitrogen and oxygen atoms in total. The fourth-order valence-corrected chi connectivity index (χ4v) is 1.81. The molecule has 1 aliphatic carbocycles. The monoisotopic (exact) mass is 154 g/mol. The van der Waals surface area contributed by atoms with Gasteiger partial charge in [0.25, 0.3) is 0 Å². The standard InChI is InChI=1S/C8H15BO2/c1-10-5-6-3-7(9)4-8(6)11-2/h6-8H,3-5H2,1-2H3/t6-,7-,8+/m1/s1. The third-order valence-corrected chi connectivity index (χ3v) is 2.35. The van der Waals surface area contributed by atoms with Crippen LogP contribution in [0.2, 0.25) is 5.82 Å². The van der Waals surface area contributed by atoms with E-state index >= 15 is 0 Å². The van der Waals surface area contributed by atoms with Gasteiger partial charge < -0.3 is 9.47 Å². The van der Waals surface area contributed by atoms with Crippen LogP contribution in [-0.2, 0) is 9.47 Å². The molecule has 2 radical (unpaired) electrons. The Hall–Kier alpha value is -0.0151. The summed E-state index contributed by atoms with van der Waals surface area (Å²) in [5.74, 6) is 0.806. The van der Waals surface area contributed by atoms with E-state index < -0.39 is 0 Å². The first kappa shape index (κ1) is 9.08. The van der Waals surface area contributed by atoms with Gasteiger partial charge in [0.05, 0.1) is 20.6 Å². The van der Waals surface area contributed by atoms with Gasteiger partial charge in [-0.25, -0.2) is 0 Å². The van der Waals surface area contributed by atoms with Gasteiger partial charge >= 0.3 is 0 Å². The van der Waals surface area contributed by atoms with E-state index in [1.54, 1.807) is 14.2 Å². The van der Waals surface area contributed by atoms with Gasteiger partial charge in [0.1, 0.15) is 0 Å². The molecule has 0 unspecified atom stereocenters. The average Bonchev–Trinajstić information content (AvgIpc) is 2.32. The van der Waals surface area contributed by atoms with E-state index in [2.05, 4.69) is 0 Å². The van der Waals surface area contributed by atoms with Gasteiger partial charge in [0, 0.05) is 20.1 Å². The molecule has 11 heavy (non-hydrogen) atoms. The third-order valence-electron chi connectivity index (χ3n) is 2.35. The lowest BCUT2D eigenvalue weighted by Crippen LogP contribution is -2.20. The van der Waals surface area contributed by atoms with Gasteiger partial charge in [-0.15, -0.1) is 0 Å². The van der Waals surface area contributed by atoms with Crippen molar-refractivity contribution in [1.29, 1.82) is 0 Å². The lowest BCUT2D eigenvalue weighted by Gasteiger charge is -2.16. The van der Waals surface area contributed by atoms with Gasteiger partial charge in [-0.1, -0.05) is 12.2 Å². The summed E-state index contributed by atoms with van der Waals surface area (Å²) in [6, 6.07) is 0. The molecule has 1 aliphatic rings. The molecule has 0 aromatic heterocycles. The quantitative estimate of drug-likeness (QED) is 0.565. The van der Waals surface area contributed by atoms with E-state index in [0.29, 0.717) is 17.8 Å². The Labute approximate surface area is 69.7 Å². The second-order valence-corrected chi connectivity index (χ2v) is 3.22. The van der Waals surface area contributed by atoms with E-state index in [4.69, 9.17) is 17.3 Å². The Morgan fingerprint density at radius 1 is 1.36 bits per heavy atom. The zero-order valence-electron chi connectivity index (χ0n) is 7.25. The minimum absolute atomic E-state index is 0.306. The van der Waals surface area contributed by atoms with Crippen molar-refractivity contribution >= 4 is 7.85 Å². The van der Waals surface area contributed by atoms with Crippen LogP contribution in [0.4, 0.5) is 0 Å². The van der Waals surface area contributed by atoms with E-state index in [1.807, 2.05) is 0 Å². The number of ether oxygens (including phenoxy) is 2. The molecule has 0 amide bonds. The Morgan fingerprint density at radius 3 is 2.64 bits per heavy atom. The summed E-state index contributed by atoms with van der Waals surface area (Å²) >= 11 is 0. The Kier molecular flexibility index (Phi) is 3.40. The summed E-state index contributed by atoms with van der Waals surface area (Å²) in [6.07, 6.45) is 2.32. The van der Waals surface area contributed by atoms with E-state index in [9.17, 15) is 0 Å². The van der Waals surface area contributed by atoms with E-state index in [-0.39, 0.29) is 0 Å². The van der Waals surface area contributed by atoms with Crippen molar-refractivity contribution < 1.29 is 9.47 Å². The molecule has 3 atom stereocenters. The van der Waals surface area contributed by atoms with Crippen LogP contribution in [0.1, 0.15) is 12.8 Å². The molecular weight excluding hydrogens is 139 g/mol.